The first-order chi connectivity index (χ1) is 10.2. The van der Waals surface area contributed by atoms with Crippen molar-refractivity contribution in [1.29, 1.82) is 0 Å². The Kier molecular flexibility index (Phi) is 6.17. The molecule has 1 rings (SSSR count). The van der Waals surface area contributed by atoms with Crippen molar-refractivity contribution in [2.45, 2.75) is 27.2 Å². The molecule has 122 valence electrons. The van der Waals surface area contributed by atoms with Gasteiger partial charge >= 0.3 is 5.97 Å². The summed E-state index contributed by atoms with van der Waals surface area (Å²) in [5.41, 5.74) is -0.615. The molecule has 0 bridgehead atoms. The molecule has 0 saturated carbocycles. The number of rotatable bonds is 7. The highest BCUT2D eigenvalue weighted by Gasteiger charge is 2.21. The molecule has 7 heteroatoms. The minimum atomic E-state index is -0.965. The van der Waals surface area contributed by atoms with Crippen LogP contribution in [0.25, 0.3) is 0 Å². The molecule has 0 amide bonds. The lowest BCUT2D eigenvalue weighted by Crippen LogP contribution is -2.25. The molecule has 0 fully saturated rings. The number of aliphatic imine (C=N–C) groups is 1. The predicted molar refractivity (Wildman–Crippen MR) is 80.0 cm³/mol. The van der Waals surface area contributed by atoms with Gasteiger partial charge in [-0.3, -0.25) is 9.79 Å². The van der Waals surface area contributed by atoms with E-state index in [1.807, 2.05) is 0 Å². The van der Waals surface area contributed by atoms with Crippen LogP contribution in [0.4, 0.5) is 4.39 Å². The third-order valence-electron chi connectivity index (χ3n) is 2.83. The van der Waals surface area contributed by atoms with Crippen molar-refractivity contribution in [1.82, 2.24) is 0 Å². The highest BCUT2D eigenvalue weighted by molar-refractivity contribution is 6.31. The zero-order chi connectivity index (χ0) is 16.9. The topological polar surface area (TPSA) is 82.0 Å². The fourth-order valence-electron chi connectivity index (χ4n) is 1.81. The molecule has 1 aromatic rings. The normalized spacial score (nSPS) is 12.3. The maximum atomic E-state index is 13.4. The van der Waals surface area contributed by atoms with Gasteiger partial charge in [0.2, 0.25) is 0 Å². The minimum Gasteiger partial charge on any atom is -0.858 e. The van der Waals surface area contributed by atoms with E-state index in [-0.39, 0.29) is 35.9 Å². The van der Waals surface area contributed by atoms with Crippen molar-refractivity contribution >= 4 is 23.5 Å². The number of ether oxygens (including phenoxy) is 1. The van der Waals surface area contributed by atoms with Crippen molar-refractivity contribution in [3.05, 3.63) is 28.5 Å². The average molecular weight is 331 g/mol. The van der Waals surface area contributed by atoms with Gasteiger partial charge in [0.15, 0.2) is 0 Å². The Bertz CT molecular complexity index is 587. The molecule has 0 aromatic heterocycles. The van der Waals surface area contributed by atoms with Gasteiger partial charge in [-0.05, 0) is 24.3 Å². The standard InChI is InChI=1S/C15H19ClFNO4/c1-4-22-12-6-11(17)10(16)5-9(12)14(21)18-8-15(2,3)7-13(19)20/h5-6H,4,7-8H2,1-3H3,(H,18,21)(H,19,20)/p-1. The summed E-state index contributed by atoms with van der Waals surface area (Å²) >= 11 is 5.69. The van der Waals surface area contributed by atoms with E-state index < -0.39 is 23.1 Å². The maximum Gasteiger partial charge on any atom is 0.303 e. The molecule has 1 aromatic carbocycles. The Hall–Kier alpha value is -1.82. The van der Waals surface area contributed by atoms with Crippen LogP contribution in [-0.2, 0) is 4.79 Å². The van der Waals surface area contributed by atoms with Gasteiger partial charge in [-0.25, -0.2) is 4.39 Å². The van der Waals surface area contributed by atoms with Gasteiger partial charge in [0.05, 0.1) is 18.1 Å². The largest absolute Gasteiger partial charge is 0.858 e. The summed E-state index contributed by atoms with van der Waals surface area (Å²) < 4.78 is 18.7. The fourth-order valence-corrected chi connectivity index (χ4v) is 1.97. The average Bonchev–Trinajstić information content (AvgIpc) is 2.39. The molecule has 0 unspecified atom stereocenters. The number of halogens is 2. The van der Waals surface area contributed by atoms with E-state index in [1.165, 1.54) is 0 Å². The molecular weight excluding hydrogens is 313 g/mol. The van der Waals surface area contributed by atoms with Crippen molar-refractivity contribution in [2.24, 2.45) is 10.4 Å². The molecule has 0 radical (unpaired) electrons. The van der Waals surface area contributed by atoms with Gasteiger partial charge in [0.25, 0.3) is 0 Å². The number of carbonyl (C=O) groups is 1. The number of nitrogens with zero attached hydrogens (tertiary/aromatic N) is 1. The number of carboxylic acids is 1. The zero-order valence-corrected chi connectivity index (χ0v) is 13.4. The molecule has 0 aliphatic carbocycles. The van der Waals surface area contributed by atoms with Crippen molar-refractivity contribution < 1.29 is 24.1 Å². The molecular formula is C15H18ClFNO4-. The van der Waals surface area contributed by atoms with Gasteiger partial charge in [-0.1, -0.05) is 25.4 Å². The molecule has 0 atom stereocenters. The van der Waals surface area contributed by atoms with Crippen molar-refractivity contribution in [2.75, 3.05) is 13.2 Å². The summed E-state index contributed by atoms with van der Waals surface area (Å²) in [6.45, 7) is 5.37. The molecule has 5 nitrogen and oxygen atoms in total. The van der Waals surface area contributed by atoms with Crippen LogP contribution >= 0.6 is 11.6 Å². The van der Waals surface area contributed by atoms with Crippen LogP contribution < -0.4 is 9.84 Å². The van der Waals surface area contributed by atoms with Gasteiger partial charge < -0.3 is 14.9 Å². The summed E-state index contributed by atoms with van der Waals surface area (Å²) in [7, 11) is 0. The van der Waals surface area contributed by atoms with Gasteiger partial charge in [-0.15, -0.1) is 0 Å². The van der Waals surface area contributed by atoms with Crippen molar-refractivity contribution in [3.8, 4) is 5.75 Å². The van der Waals surface area contributed by atoms with Crippen LogP contribution in [0.2, 0.25) is 5.02 Å². The molecule has 22 heavy (non-hydrogen) atoms. The first-order valence-corrected chi connectivity index (χ1v) is 7.09. The number of benzene rings is 1. The molecule has 0 heterocycles. The third kappa shape index (κ3) is 5.18. The van der Waals surface area contributed by atoms with Crippen molar-refractivity contribution in [3.63, 3.8) is 0 Å². The second-order valence-electron chi connectivity index (χ2n) is 5.55. The van der Waals surface area contributed by atoms with Crippen LogP contribution in [0.1, 0.15) is 32.8 Å². The monoisotopic (exact) mass is 330 g/mol. The van der Waals surface area contributed by atoms with Crippen LogP contribution in [-0.4, -0.2) is 30.1 Å². The number of hydrogen-bond acceptors (Lipinski definition) is 4. The molecule has 0 aliphatic heterocycles. The SMILES string of the molecule is CCOc1cc(F)c(Cl)cc1C([O-])=NCC(C)(C)CC(=O)O. The Morgan fingerprint density at radius 2 is 2.14 bits per heavy atom. The first-order valence-electron chi connectivity index (χ1n) is 6.71. The second-order valence-corrected chi connectivity index (χ2v) is 5.96. The highest BCUT2D eigenvalue weighted by Crippen LogP contribution is 2.27. The van der Waals surface area contributed by atoms with E-state index >= 15 is 0 Å². The number of hydrogen-bond donors (Lipinski definition) is 1. The Morgan fingerprint density at radius 3 is 2.68 bits per heavy atom. The van der Waals surface area contributed by atoms with E-state index in [0.717, 1.165) is 12.1 Å². The van der Waals surface area contributed by atoms with Crippen LogP contribution in [0, 0.1) is 11.2 Å². The smallest absolute Gasteiger partial charge is 0.303 e. The Labute approximate surface area is 133 Å². The Morgan fingerprint density at radius 1 is 1.50 bits per heavy atom. The molecule has 0 spiro atoms. The summed E-state index contributed by atoms with van der Waals surface area (Å²) in [6, 6.07) is 2.20. The third-order valence-corrected chi connectivity index (χ3v) is 3.12. The Balaban J connectivity index is 3.05. The lowest BCUT2D eigenvalue weighted by Gasteiger charge is -2.22. The van der Waals surface area contributed by atoms with E-state index in [4.69, 9.17) is 21.4 Å². The van der Waals surface area contributed by atoms with E-state index in [9.17, 15) is 14.3 Å². The summed E-state index contributed by atoms with van der Waals surface area (Å²) in [5, 5.41) is 20.8. The number of carboxylic acid groups (broad SMARTS) is 1. The number of aliphatic carboxylic acids is 1. The summed E-state index contributed by atoms with van der Waals surface area (Å²) in [6.07, 6.45) is -0.119. The second kappa shape index (κ2) is 7.45. The van der Waals surface area contributed by atoms with Crippen LogP contribution in [0.3, 0.4) is 0 Å². The van der Waals surface area contributed by atoms with E-state index in [2.05, 4.69) is 4.99 Å². The van der Waals surface area contributed by atoms with Gasteiger partial charge in [0.1, 0.15) is 11.6 Å². The van der Waals surface area contributed by atoms with E-state index in [0.29, 0.717) is 0 Å². The quantitative estimate of drug-likeness (QED) is 0.615. The fraction of sp³-hybridized carbons (Fsp3) is 0.467. The molecule has 0 aliphatic rings. The van der Waals surface area contributed by atoms with Gasteiger partial charge in [0, 0.05) is 18.2 Å². The van der Waals surface area contributed by atoms with Crippen LogP contribution in [0.15, 0.2) is 17.1 Å². The first kappa shape index (κ1) is 18.2. The lowest BCUT2D eigenvalue weighted by atomic mass is 9.89. The van der Waals surface area contributed by atoms with Gasteiger partial charge in [-0.2, -0.15) is 0 Å². The molecule has 0 saturated heterocycles. The minimum absolute atomic E-state index is 0.0265. The predicted octanol–water partition coefficient (Wildman–Crippen LogP) is 2.49. The summed E-state index contributed by atoms with van der Waals surface area (Å²) in [5.74, 6) is -2.21. The summed E-state index contributed by atoms with van der Waals surface area (Å²) in [4.78, 5) is 14.6. The molecule has 1 N–H and O–H groups in total. The lowest BCUT2D eigenvalue weighted by molar-refractivity contribution is -0.213. The highest BCUT2D eigenvalue weighted by atomic mass is 35.5. The maximum absolute atomic E-state index is 13.4. The zero-order valence-electron chi connectivity index (χ0n) is 12.7. The van der Waals surface area contributed by atoms with E-state index in [1.54, 1.807) is 20.8 Å². The van der Waals surface area contributed by atoms with Crippen LogP contribution in [0.5, 0.6) is 5.75 Å².